The molecule has 0 aliphatic heterocycles. The van der Waals surface area contributed by atoms with Crippen molar-refractivity contribution in [2.24, 2.45) is 0 Å². The highest BCUT2D eigenvalue weighted by Crippen LogP contribution is 2.55. The summed E-state index contributed by atoms with van der Waals surface area (Å²) in [6.07, 6.45) is 2.48. The van der Waals surface area contributed by atoms with Gasteiger partial charge < -0.3 is 9.05 Å². The van der Waals surface area contributed by atoms with Gasteiger partial charge in [-0.3, -0.25) is 9.36 Å². The standard InChI is InChI=1S/C8H15O4P/c1-11-13(10,12-2)8-5-3-4-7(9)6-8/h8H,3-6H2,1-2H3. The molecule has 0 aromatic heterocycles. The van der Waals surface area contributed by atoms with Gasteiger partial charge in [-0.25, -0.2) is 0 Å². The maximum atomic E-state index is 11.9. The third-order valence-corrected chi connectivity index (χ3v) is 4.77. The molecule has 1 saturated carbocycles. The number of carbonyl (C=O) groups excluding carboxylic acids is 1. The topological polar surface area (TPSA) is 52.6 Å². The summed E-state index contributed by atoms with van der Waals surface area (Å²) in [5, 5.41) is 0. The van der Waals surface area contributed by atoms with Crippen LogP contribution in [0, 0.1) is 0 Å². The summed E-state index contributed by atoms with van der Waals surface area (Å²) >= 11 is 0. The van der Waals surface area contributed by atoms with Crippen molar-refractivity contribution in [2.75, 3.05) is 14.2 Å². The van der Waals surface area contributed by atoms with Crippen LogP contribution < -0.4 is 0 Å². The predicted octanol–water partition coefficient (Wildman–Crippen LogP) is 1.98. The first-order chi connectivity index (χ1) is 6.12. The van der Waals surface area contributed by atoms with Crippen molar-refractivity contribution in [1.82, 2.24) is 0 Å². The van der Waals surface area contributed by atoms with E-state index in [2.05, 4.69) is 0 Å². The Labute approximate surface area is 78.1 Å². The zero-order valence-electron chi connectivity index (χ0n) is 7.99. The van der Waals surface area contributed by atoms with Gasteiger partial charge in [-0.1, -0.05) is 0 Å². The van der Waals surface area contributed by atoms with Gasteiger partial charge in [0.15, 0.2) is 0 Å². The number of hydrogen-bond donors (Lipinski definition) is 0. The minimum atomic E-state index is -3.01. The van der Waals surface area contributed by atoms with Crippen molar-refractivity contribution < 1.29 is 18.4 Å². The lowest BCUT2D eigenvalue weighted by Crippen LogP contribution is -2.21. The lowest BCUT2D eigenvalue weighted by Gasteiger charge is -2.26. The molecule has 0 N–H and O–H groups in total. The second-order valence-corrected chi connectivity index (χ2v) is 5.73. The summed E-state index contributed by atoms with van der Waals surface area (Å²) in [6.45, 7) is 0. The first-order valence-electron chi connectivity index (χ1n) is 4.35. The third kappa shape index (κ3) is 2.39. The largest absolute Gasteiger partial charge is 0.333 e. The Bertz CT molecular complexity index is 230. The summed E-state index contributed by atoms with van der Waals surface area (Å²) in [7, 11) is -0.286. The van der Waals surface area contributed by atoms with E-state index in [1.54, 1.807) is 0 Å². The number of carbonyl (C=O) groups is 1. The van der Waals surface area contributed by atoms with Crippen LogP contribution in [0.2, 0.25) is 0 Å². The first kappa shape index (κ1) is 10.9. The van der Waals surface area contributed by atoms with Crippen LogP contribution in [0.25, 0.3) is 0 Å². The molecule has 1 rings (SSSR count). The minimum absolute atomic E-state index is 0.158. The third-order valence-electron chi connectivity index (χ3n) is 2.41. The molecule has 1 aliphatic carbocycles. The maximum absolute atomic E-state index is 11.9. The Balaban J connectivity index is 2.69. The van der Waals surface area contributed by atoms with Crippen molar-refractivity contribution in [1.29, 1.82) is 0 Å². The Kier molecular flexibility index (Phi) is 3.65. The van der Waals surface area contributed by atoms with Crippen LogP contribution >= 0.6 is 7.60 Å². The monoisotopic (exact) mass is 206 g/mol. The highest BCUT2D eigenvalue weighted by atomic mass is 31.2. The summed E-state index contributed by atoms with van der Waals surface area (Å²) in [5.74, 6) is 0.158. The molecular weight excluding hydrogens is 191 g/mol. The van der Waals surface area contributed by atoms with Crippen LogP contribution in [0.1, 0.15) is 25.7 Å². The molecule has 1 unspecified atom stereocenters. The maximum Gasteiger partial charge on any atom is 0.333 e. The molecule has 1 fully saturated rings. The van der Waals surface area contributed by atoms with Crippen molar-refractivity contribution >= 4 is 13.4 Å². The van der Waals surface area contributed by atoms with Gasteiger partial charge >= 0.3 is 7.60 Å². The molecule has 5 heteroatoms. The van der Waals surface area contributed by atoms with E-state index >= 15 is 0 Å². The van der Waals surface area contributed by atoms with E-state index in [9.17, 15) is 9.36 Å². The molecule has 0 amide bonds. The Morgan fingerprint density at radius 1 is 1.38 bits per heavy atom. The van der Waals surface area contributed by atoms with Crippen molar-refractivity contribution in [3.8, 4) is 0 Å². The molecule has 0 radical (unpaired) electrons. The molecule has 0 heterocycles. The Morgan fingerprint density at radius 2 is 2.00 bits per heavy atom. The number of Topliss-reactive ketones (excluding diaryl/α,β-unsaturated/α-hetero) is 1. The molecule has 0 aromatic rings. The zero-order valence-corrected chi connectivity index (χ0v) is 8.88. The van der Waals surface area contributed by atoms with Gasteiger partial charge in [0.1, 0.15) is 5.78 Å². The van der Waals surface area contributed by atoms with Crippen molar-refractivity contribution in [3.63, 3.8) is 0 Å². The van der Waals surface area contributed by atoms with E-state index < -0.39 is 7.60 Å². The van der Waals surface area contributed by atoms with E-state index in [0.29, 0.717) is 12.8 Å². The second kappa shape index (κ2) is 4.36. The van der Waals surface area contributed by atoms with Gasteiger partial charge in [0, 0.05) is 27.1 Å². The number of hydrogen-bond acceptors (Lipinski definition) is 4. The van der Waals surface area contributed by atoms with Crippen LogP contribution in [-0.4, -0.2) is 25.7 Å². The molecule has 4 nitrogen and oxygen atoms in total. The quantitative estimate of drug-likeness (QED) is 0.662. The highest BCUT2D eigenvalue weighted by molar-refractivity contribution is 7.54. The first-order valence-corrected chi connectivity index (χ1v) is 5.96. The van der Waals surface area contributed by atoms with Crippen molar-refractivity contribution in [2.45, 2.75) is 31.3 Å². The predicted molar refractivity (Wildman–Crippen MR) is 48.9 cm³/mol. The summed E-state index contributed by atoms with van der Waals surface area (Å²) in [5.41, 5.74) is -0.233. The van der Waals surface area contributed by atoms with Crippen LogP contribution in [0.3, 0.4) is 0 Å². The van der Waals surface area contributed by atoms with E-state index in [-0.39, 0.29) is 11.4 Å². The second-order valence-electron chi connectivity index (χ2n) is 3.19. The molecule has 0 saturated heterocycles. The Hall–Kier alpha value is -0.180. The molecule has 76 valence electrons. The Morgan fingerprint density at radius 3 is 2.46 bits per heavy atom. The number of rotatable bonds is 3. The minimum Gasteiger partial charge on any atom is -0.312 e. The molecular formula is C8H15O4P. The fourth-order valence-electron chi connectivity index (χ4n) is 1.64. The fourth-order valence-corrected chi connectivity index (χ4v) is 3.32. The van der Waals surface area contributed by atoms with Crippen LogP contribution in [0.15, 0.2) is 0 Å². The molecule has 0 bridgehead atoms. The molecule has 1 atom stereocenters. The molecule has 13 heavy (non-hydrogen) atoms. The van der Waals surface area contributed by atoms with Gasteiger partial charge in [-0.05, 0) is 12.8 Å². The van der Waals surface area contributed by atoms with Gasteiger partial charge in [0.2, 0.25) is 0 Å². The van der Waals surface area contributed by atoms with Gasteiger partial charge in [0.25, 0.3) is 0 Å². The van der Waals surface area contributed by atoms with Gasteiger partial charge in [0.05, 0.1) is 5.66 Å². The normalized spacial score (nSPS) is 24.8. The highest BCUT2D eigenvalue weighted by Gasteiger charge is 2.37. The fraction of sp³-hybridized carbons (Fsp3) is 0.875. The van der Waals surface area contributed by atoms with Crippen molar-refractivity contribution in [3.05, 3.63) is 0 Å². The molecule has 0 aromatic carbocycles. The SMILES string of the molecule is COP(=O)(OC)C1CCCC(=O)C1. The van der Waals surface area contributed by atoms with Crippen LogP contribution in [-0.2, 0) is 18.4 Å². The van der Waals surface area contributed by atoms with Gasteiger partial charge in [-0.2, -0.15) is 0 Å². The lowest BCUT2D eigenvalue weighted by atomic mass is 9.99. The summed E-state index contributed by atoms with van der Waals surface area (Å²) < 4.78 is 21.6. The van der Waals surface area contributed by atoms with E-state index in [1.807, 2.05) is 0 Å². The van der Waals surface area contributed by atoms with Crippen LogP contribution in [0.5, 0.6) is 0 Å². The van der Waals surface area contributed by atoms with E-state index in [4.69, 9.17) is 9.05 Å². The smallest absolute Gasteiger partial charge is 0.312 e. The summed E-state index contributed by atoms with van der Waals surface area (Å²) in [4.78, 5) is 11.1. The van der Waals surface area contributed by atoms with E-state index in [0.717, 1.165) is 12.8 Å². The molecule has 0 spiro atoms. The molecule has 1 aliphatic rings. The average molecular weight is 206 g/mol. The van der Waals surface area contributed by atoms with E-state index in [1.165, 1.54) is 14.2 Å². The van der Waals surface area contributed by atoms with Gasteiger partial charge in [-0.15, -0.1) is 0 Å². The summed E-state index contributed by atoms with van der Waals surface area (Å²) in [6, 6.07) is 0. The number of ketones is 1. The lowest BCUT2D eigenvalue weighted by molar-refractivity contribution is -0.120. The zero-order chi connectivity index (χ0) is 9.90. The van der Waals surface area contributed by atoms with Crippen LogP contribution in [0.4, 0.5) is 0 Å². The average Bonchev–Trinajstić information content (AvgIpc) is 2.17.